The summed E-state index contributed by atoms with van der Waals surface area (Å²) in [4.78, 5) is 6.61. The zero-order valence-corrected chi connectivity index (χ0v) is 8.42. The van der Waals surface area contributed by atoms with E-state index < -0.39 is 0 Å². The van der Waals surface area contributed by atoms with Gasteiger partial charge in [-0.05, 0) is 23.2 Å². The molecule has 0 fully saturated rings. The van der Waals surface area contributed by atoms with Gasteiger partial charge in [0.15, 0.2) is 0 Å². The van der Waals surface area contributed by atoms with Gasteiger partial charge in [0.2, 0.25) is 0 Å². The fraction of sp³-hybridized carbons (Fsp3) is 0.286. The fourth-order valence-corrected chi connectivity index (χ4v) is 1.38. The Morgan fingerprint density at radius 3 is 2.83 bits per heavy atom. The molecule has 0 aliphatic carbocycles. The molecule has 1 aromatic heterocycles. The van der Waals surface area contributed by atoms with E-state index in [1.165, 1.54) is 0 Å². The summed E-state index contributed by atoms with van der Waals surface area (Å²) in [6.45, 7) is 0.487. The van der Waals surface area contributed by atoms with Crippen molar-refractivity contribution in [3.8, 4) is 0 Å². The van der Waals surface area contributed by atoms with Gasteiger partial charge in [-0.25, -0.2) is 0 Å². The summed E-state index contributed by atoms with van der Waals surface area (Å²) in [6.07, 6.45) is 3.47. The molecule has 4 nitrogen and oxygen atoms in total. The lowest BCUT2D eigenvalue weighted by Gasteiger charge is -2.04. The molecule has 0 aromatic carbocycles. The van der Waals surface area contributed by atoms with E-state index in [-0.39, 0.29) is 3.92 Å². The van der Waals surface area contributed by atoms with E-state index in [0.29, 0.717) is 6.54 Å². The molecule has 0 aliphatic heterocycles. The van der Waals surface area contributed by atoms with Gasteiger partial charge in [-0.15, -0.1) is 0 Å². The van der Waals surface area contributed by atoms with E-state index >= 15 is 0 Å². The van der Waals surface area contributed by atoms with Crippen molar-refractivity contribution in [2.75, 3.05) is 6.54 Å². The zero-order chi connectivity index (χ0) is 8.81. The van der Waals surface area contributed by atoms with Crippen molar-refractivity contribution in [3.63, 3.8) is 0 Å². The van der Waals surface area contributed by atoms with E-state index in [1.807, 2.05) is 12.1 Å². The van der Waals surface area contributed by atoms with Crippen LogP contribution in [0.15, 0.2) is 29.6 Å². The van der Waals surface area contributed by atoms with Crippen molar-refractivity contribution in [3.05, 3.63) is 40.5 Å². The summed E-state index contributed by atoms with van der Waals surface area (Å²) in [5.74, 6) is 0. The van der Waals surface area contributed by atoms with E-state index in [4.69, 9.17) is 5.53 Å². The van der Waals surface area contributed by atoms with E-state index in [9.17, 15) is 0 Å². The standard InChI is InChI=1S/C7H7IN4/c8-7(5-11-12-9)6-1-3-10-4-2-6/h1-4,7H,5H2. The van der Waals surface area contributed by atoms with Gasteiger partial charge in [0, 0.05) is 27.8 Å². The Kier molecular flexibility index (Phi) is 3.83. The highest BCUT2D eigenvalue weighted by Gasteiger charge is 2.03. The third kappa shape index (κ3) is 2.67. The van der Waals surface area contributed by atoms with Gasteiger partial charge in [-0.1, -0.05) is 27.7 Å². The molecule has 0 saturated heterocycles. The van der Waals surface area contributed by atoms with E-state index in [1.54, 1.807) is 12.4 Å². The minimum absolute atomic E-state index is 0.237. The molecular weight excluding hydrogens is 267 g/mol. The summed E-state index contributed by atoms with van der Waals surface area (Å²) in [5.41, 5.74) is 9.24. The molecule has 12 heavy (non-hydrogen) atoms. The number of pyridine rings is 1. The highest BCUT2D eigenvalue weighted by atomic mass is 127. The zero-order valence-electron chi connectivity index (χ0n) is 6.26. The van der Waals surface area contributed by atoms with Crippen molar-refractivity contribution in [1.82, 2.24) is 4.98 Å². The number of hydrogen-bond donors (Lipinski definition) is 0. The molecule has 1 rings (SSSR count). The summed E-state index contributed by atoms with van der Waals surface area (Å²) in [7, 11) is 0. The van der Waals surface area contributed by atoms with Crippen molar-refractivity contribution < 1.29 is 0 Å². The van der Waals surface area contributed by atoms with Crippen molar-refractivity contribution in [2.24, 2.45) is 5.11 Å². The third-order valence-electron chi connectivity index (χ3n) is 1.37. The van der Waals surface area contributed by atoms with Gasteiger partial charge in [-0.3, -0.25) is 4.98 Å². The number of azide groups is 1. The lowest BCUT2D eigenvalue weighted by molar-refractivity contribution is 0.957. The second kappa shape index (κ2) is 4.95. The van der Waals surface area contributed by atoms with Crippen LogP contribution in [0.3, 0.4) is 0 Å². The van der Waals surface area contributed by atoms with E-state index in [0.717, 1.165) is 5.56 Å². The Labute approximate surface area is 83.8 Å². The minimum Gasteiger partial charge on any atom is -0.265 e. The Bertz CT molecular complexity index is 281. The van der Waals surface area contributed by atoms with Crippen LogP contribution < -0.4 is 0 Å². The Morgan fingerprint density at radius 2 is 2.25 bits per heavy atom. The Morgan fingerprint density at radius 1 is 1.58 bits per heavy atom. The topological polar surface area (TPSA) is 61.7 Å². The van der Waals surface area contributed by atoms with Crippen LogP contribution in [0.4, 0.5) is 0 Å². The molecule has 1 heterocycles. The normalized spacial score (nSPS) is 11.8. The molecule has 0 saturated carbocycles. The first-order valence-electron chi connectivity index (χ1n) is 3.39. The van der Waals surface area contributed by atoms with Crippen LogP contribution in [-0.4, -0.2) is 11.5 Å². The first-order chi connectivity index (χ1) is 5.84. The molecule has 0 radical (unpaired) electrons. The monoisotopic (exact) mass is 274 g/mol. The first kappa shape index (κ1) is 9.28. The molecule has 1 aromatic rings. The SMILES string of the molecule is [N-]=[N+]=NCC(I)c1ccncc1. The fourth-order valence-electron chi connectivity index (χ4n) is 0.786. The van der Waals surface area contributed by atoms with Crippen LogP contribution in [-0.2, 0) is 0 Å². The summed E-state index contributed by atoms with van der Waals surface area (Å²) in [6, 6.07) is 3.84. The van der Waals surface area contributed by atoms with Crippen molar-refractivity contribution in [2.45, 2.75) is 3.92 Å². The van der Waals surface area contributed by atoms with Gasteiger partial charge in [-0.2, -0.15) is 0 Å². The smallest absolute Gasteiger partial charge is 0.0417 e. The van der Waals surface area contributed by atoms with Gasteiger partial charge in [0.1, 0.15) is 0 Å². The summed E-state index contributed by atoms with van der Waals surface area (Å²) >= 11 is 2.24. The van der Waals surface area contributed by atoms with Crippen LogP contribution in [0.25, 0.3) is 10.4 Å². The predicted octanol–water partition coefficient (Wildman–Crippen LogP) is 2.87. The second-order valence-electron chi connectivity index (χ2n) is 2.16. The molecule has 0 bridgehead atoms. The van der Waals surface area contributed by atoms with Crippen LogP contribution >= 0.6 is 22.6 Å². The number of rotatable bonds is 3. The first-order valence-corrected chi connectivity index (χ1v) is 4.64. The molecule has 62 valence electrons. The maximum atomic E-state index is 8.10. The van der Waals surface area contributed by atoms with Gasteiger partial charge in [0.05, 0.1) is 0 Å². The van der Waals surface area contributed by atoms with Crippen LogP contribution in [0, 0.1) is 0 Å². The van der Waals surface area contributed by atoms with Gasteiger partial charge >= 0.3 is 0 Å². The number of hydrogen-bond acceptors (Lipinski definition) is 2. The number of nitrogens with zero attached hydrogens (tertiary/aromatic N) is 4. The number of halogens is 1. The highest BCUT2D eigenvalue weighted by molar-refractivity contribution is 14.1. The average molecular weight is 274 g/mol. The average Bonchev–Trinajstić information content (AvgIpc) is 2.15. The van der Waals surface area contributed by atoms with Crippen LogP contribution in [0.2, 0.25) is 0 Å². The molecule has 5 heteroatoms. The van der Waals surface area contributed by atoms with Crippen LogP contribution in [0.1, 0.15) is 9.49 Å². The molecule has 0 amide bonds. The lowest BCUT2D eigenvalue weighted by atomic mass is 10.2. The second-order valence-corrected chi connectivity index (χ2v) is 3.67. The van der Waals surface area contributed by atoms with Gasteiger partial charge in [0.25, 0.3) is 0 Å². The molecule has 0 aliphatic rings. The quantitative estimate of drug-likeness (QED) is 0.275. The summed E-state index contributed by atoms with van der Waals surface area (Å²) < 4.78 is 0.237. The molecule has 1 atom stereocenters. The van der Waals surface area contributed by atoms with Crippen molar-refractivity contribution >= 4 is 22.6 Å². The van der Waals surface area contributed by atoms with Crippen molar-refractivity contribution in [1.29, 1.82) is 0 Å². The van der Waals surface area contributed by atoms with Gasteiger partial charge < -0.3 is 0 Å². The maximum absolute atomic E-state index is 8.10. The number of aromatic nitrogens is 1. The molecule has 0 N–H and O–H groups in total. The largest absolute Gasteiger partial charge is 0.265 e. The Hall–Kier alpha value is -0.810. The maximum Gasteiger partial charge on any atom is 0.0417 e. The molecule has 0 spiro atoms. The molecular formula is C7H7IN4. The molecule has 1 unspecified atom stereocenters. The van der Waals surface area contributed by atoms with Crippen LogP contribution in [0.5, 0.6) is 0 Å². The number of alkyl halides is 1. The lowest BCUT2D eigenvalue weighted by Crippen LogP contribution is -1.92. The summed E-state index contributed by atoms with van der Waals surface area (Å²) in [5, 5.41) is 3.50. The predicted molar refractivity (Wildman–Crippen MR) is 55.0 cm³/mol. The third-order valence-corrected chi connectivity index (χ3v) is 2.49. The van der Waals surface area contributed by atoms with E-state index in [2.05, 4.69) is 37.6 Å². The minimum atomic E-state index is 0.237. The highest BCUT2D eigenvalue weighted by Crippen LogP contribution is 2.22. The Balaban J connectivity index is 2.65.